The van der Waals surface area contributed by atoms with Crippen LogP contribution in [0.4, 0.5) is 16.0 Å². The lowest BCUT2D eigenvalue weighted by atomic mass is 10.1. The molecule has 0 unspecified atom stereocenters. The Balaban J connectivity index is 1.17. The van der Waals surface area contributed by atoms with Crippen molar-refractivity contribution in [2.75, 3.05) is 23.8 Å². The Bertz CT molecular complexity index is 1630. The number of benzene rings is 1. The smallest absolute Gasteiger partial charge is 0.232 e. The summed E-state index contributed by atoms with van der Waals surface area (Å²) in [5, 5.41) is 6.06. The van der Waals surface area contributed by atoms with Crippen LogP contribution in [0.3, 0.4) is 0 Å². The van der Waals surface area contributed by atoms with Crippen LogP contribution in [0.25, 0.3) is 22.6 Å². The number of aromatic amines is 1. The second kappa shape index (κ2) is 12.6. The zero-order valence-electron chi connectivity index (χ0n) is 22.4. The zero-order valence-corrected chi connectivity index (χ0v) is 22.4. The molecule has 0 atom stereocenters. The number of pyridine rings is 2. The van der Waals surface area contributed by atoms with Gasteiger partial charge in [-0.3, -0.25) is 14.8 Å². The van der Waals surface area contributed by atoms with E-state index < -0.39 is 12.2 Å². The summed E-state index contributed by atoms with van der Waals surface area (Å²) in [5.74, 6) is 0.0572. The van der Waals surface area contributed by atoms with Crippen molar-refractivity contribution in [3.05, 3.63) is 103 Å². The number of H-pyrrole nitrogens is 1. The Morgan fingerprint density at radius 2 is 1.76 bits per heavy atom. The topological polar surface area (TPSA) is 140 Å². The number of hydrogen-bond acceptors (Lipinski definition) is 9. The van der Waals surface area contributed by atoms with E-state index in [0.717, 1.165) is 11.1 Å². The van der Waals surface area contributed by atoms with Crippen LogP contribution in [0.2, 0.25) is 0 Å². The van der Waals surface area contributed by atoms with Gasteiger partial charge in [0, 0.05) is 48.8 Å². The number of aromatic nitrogens is 6. The molecule has 1 amide bonds. The fourth-order valence-corrected chi connectivity index (χ4v) is 4.44. The molecular formula is C30H27FN8O3. The molecule has 6 rings (SSSR count). The van der Waals surface area contributed by atoms with Crippen LogP contribution in [0.1, 0.15) is 11.4 Å². The molecule has 212 valence electrons. The third kappa shape index (κ3) is 6.62. The molecule has 0 saturated carbocycles. The summed E-state index contributed by atoms with van der Waals surface area (Å²) < 4.78 is 25.5. The minimum Gasteiger partial charge on any atom is -0.351 e. The minimum absolute atomic E-state index is 0.185. The molecule has 5 aromatic rings. The quantitative estimate of drug-likeness (QED) is 0.239. The number of hydrogen-bond donors (Lipinski definition) is 3. The lowest BCUT2D eigenvalue weighted by molar-refractivity contribution is -0.199. The highest BCUT2D eigenvalue weighted by Gasteiger charge is 2.29. The van der Waals surface area contributed by atoms with Crippen LogP contribution in [0.5, 0.6) is 0 Å². The van der Waals surface area contributed by atoms with Crippen LogP contribution in [-0.4, -0.2) is 55.3 Å². The molecule has 11 nitrogen and oxygen atoms in total. The standard InChI is InChI=1S/C30H27FN8O3/c31-22-5-3-20(4-6-22)27-28(24-9-13-34-30(37-24)35-16-19-2-1-10-33-15-19)39-25(38-27)14-26-41-17-21(18-42-26)29(40)36-23-7-11-32-12-8-23/h1-13,15,21,26H,14,16-18H2,(H,38,39)(H,32,36,40)(H,34,35,37). The molecule has 42 heavy (non-hydrogen) atoms. The van der Waals surface area contributed by atoms with E-state index in [0.29, 0.717) is 47.5 Å². The second-order valence-electron chi connectivity index (χ2n) is 9.62. The second-order valence-corrected chi connectivity index (χ2v) is 9.62. The molecule has 0 aliphatic carbocycles. The Morgan fingerprint density at radius 3 is 2.52 bits per heavy atom. The molecule has 5 heterocycles. The fraction of sp³-hybridized carbons (Fsp3) is 0.200. The van der Waals surface area contributed by atoms with Gasteiger partial charge in [0.05, 0.1) is 42.6 Å². The van der Waals surface area contributed by atoms with E-state index in [4.69, 9.17) is 14.5 Å². The summed E-state index contributed by atoms with van der Waals surface area (Å²) in [7, 11) is 0. The SMILES string of the molecule is O=C(Nc1ccncc1)C1COC(Cc2nc(-c3ccc(F)cc3)c(-c3ccnc(NCc4cccnc4)n3)[nH]2)OC1. The highest BCUT2D eigenvalue weighted by atomic mass is 19.1. The van der Waals surface area contributed by atoms with E-state index in [1.807, 2.05) is 12.1 Å². The van der Waals surface area contributed by atoms with Gasteiger partial charge in [-0.1, -0.05) is 6.07 Å². The van der Waals surface area contributed by atoms with Gasteiger partial charge in [-0.2, -0.15) is 0 Å². The highest BCUT2D eigenvalue weighted by Crippen LogP contribution is 2.30. The number of rotatable bonds is 9. The summed E-state index contributed by atoms with van der Waals surface area (Å²) >= 11 is 0. The van der Waals surface area contributed by atoms with Crippen LogP contribution in [0.15, 0.2) is 85.6 Å². The number of amides is 1. The predicted octanol–water partition coefficient (Wildman–Crippen LogP) is 4.25. The molecule has 12 heteroatoms. The van der Waals surface area contributed by atoms with Crippen molar-refractivity contribution < 1.29 is 18.7 Å². The van der Waals surface area contributed by atoms with Gasteiger partial charge >= 0.3 is 0 Å². The van der Waals surface area contributed by atoms with Crippen molar-refractivity contribution in [3.63, 3.8) is 0 Å². The molecule has 3 N–H and O–H groups in total. The van der Waals surface area contributed by atoms with Gasteiger partial charge in [-0.05, 0) is 54.1 Å². The van der Waals surface area contributed by atoms with E-state index in [1.54, 1.807) is 61.3 Å². The average Bonchev–Trinajstić information content (AvgIpc) is 3.45. The summed E-state index contributed by atoms with van der Waals surface area (Å²) in [5.41, 5.74) is 4.23. The van der Waals surface area contributed by atoms with Gasteiger partial charge in [0.25, 0.3) is 0 Å². The molecular weight excluding hydrogens is 539 g/mol. The van der Waals surface area contributed by atoms with E-state index in [2.05, 4.69) is 35.6 Å². The Hall–Kier alpha value is -5.07. The summed E-state index contributed by atoms with van der Waals surface area (Å²) in [6, 6.07) is 15.2. The van der Waals surface area contributed by atoms with Crippen molar-refractivity contribution in [3.8, 4) is 22.6 Å². The van der Waals surface area contributed by atoms with E-state index >= 15 is 0 Å². The van der Waals surface area contributed by atoms with Crippen LogP contribution in [0, 0.1) is 11.7 Å². The molecule has 0 spiro atoms. The maximum atomic E-state index is 13.7. The minimum atomic E-state index is -0.600. The summed E-state index contributed by atoms with van der Waals surface area (Å²) in [6.07, 6.45) is 8.08. The Labute approximate surface area is 240 Å². The predicted molar refractivity (Wildman–Crippen MR) is 152 cm³/mol. The molecule has 1 aliphatic rings. The molecule has 1 aromatic carbocycles. The normalized spacial score (nSPS) is 16.6. The van der Waals surface area contributed by atoms with Crippen molar-refractivity contribution in [1.82, 2.24) is 29.9 Å². The van der Waals surface area contributed by atoms with Gasteiger partial charge < -0.3 is 25.1 Å². The number of nitrogens with zero attached hydrogens (tertiary/aromatic N) is 5. The van der Waals surface area contributed by atoms with Crippen LogP contribution < -0.4 is 10.6 Å². The molecule has 1 saturated heterocycles. The lowest BCUT2D eigenvalue weighted by Crippen LogP contribution is -2.39. The Kier molecular flexibility index (Phi) is 8.15. The van der Waals surface area contributed by atoms with Crippen molar-refractivity contribution in [1.29, 1.82) is 0 Å². The number of halogens is 1. The van der Waals surface area contributed by atoms with Gasteiger partial charge in [-0.15, -0.1) is 0 Å². The van der Waals surface area contributed by atoms with Crippen LogP contribution in [-0.2, 0) is 27.2 Å². The number of ether oxygens (including phenoxy) is 2. The van der Waals surface area contributed by atoms with Gasteiger partial charge in [0.1, 0.15) is 11.6 Å². The van der Waals surface area contributed by atoms with Gasteiger partial charge in [-0.25, -0.2) is 19.3 Å². The first-order valence-electron chi connectivity index (χ1n) is 13.4. The fourth-order valence-electron chi connectivity index (χ4n) is 4.44. The number of carbonyl (C=O) groups excluding carboxylic acids is 1. The van der Waals surface area contributed by atoms with E-state index in [1.165, 1.54) is 12.1 Å². The van der Waals surface area contributed by atoms with Gasteiger partial charge in [0.15, 0.2) is 6.29 Å². The Morgan fingerprint density at radius 1 is 0.952 bits per heavy atom. The number of nitrogens with one attached hydrogen (secondary N) is 3. The van der Waals surface area contributed by atoms with Crippen LogP contribution >= 0.6 is 0 Å². The molecule has 0 bridgehead atoms. The molecule has 0 radical (unpaired) electrons. The third-order valence-corrected chi connectivity index (χ3v) is 6.60. The first-order valence-corrected chi connectivity index (χ1v) is 13.4. The van der Waals surface area contributed by atoms with Crippen molar-refractivity contribution in [2.45, 2.75) is 19.3 Å². The number of anilines is 2. The first kappa shape index (κ1) is 27.1. The maximum Gasteiger partial charge on any atom is 0.232 e. The first-order chi connectivity index (χ1) is 20.6. The summed E-state index contributed by atoms with van der Waals surface area (Å²) in [4.78, 5) is 37.9. The van der Waals surface area contributed by atoms with E-state index in [-0.39, 0.29) is 24.9 Å². The van der Waals surface area contributed by atoms with Gasteiger partial charge in [0.2, 0.25) is 11.9 Å². The molecule has 1 fully saturated rings. The molecule has 1 aliphatic heterocycles. The molecule has 4 aromatic heterocycles. The number of carbonyl (C=O) groups is 1. The maximum absolute atomic E-state index is 13.7. The third-order valence-electron chi connectivity index (χ3n) is 6.60. The number of imidazole rings is 1. The van der Waals surface area contributed by atoms with Crippen molar-refractivity contribution in [2.24, 2.45) is 5.92 Å². The monoisotopic (exact) mass is 566 g/mol. The zero-order chi connectivity index (χ0) is 28.7. The summed E-state index contributed by atoms with van der Waals surface area (Å²) in [6.45, 7) is 0.921. The lowest BCUT2D eigenvalue weighted by Gasteiger charge is -2.28. The van der Waals surface area contributed by atoms with Crippen molar-refractivity contribution >= 4 is 17.5 Å². The average molecular weight is 567 g/mol. The van der Waals surface area contributed by atoms with E-state index in [9.17, 15) is 9.18 Å². The highest BCUT2D eigenvalue weighted by molar-refractivity contribution is 5.92. The largest absolute Gasteiger partial charge is 0.351 e.